The lowest BCUT2D eigenvalue weighted by molar-refractivity contribution is -0.141. The Morgan fingerprint density at radius 2 is 2.17 bits per heavy atom. The van der Waals surface area contributed by atoms with Gasteiger partial charge in [0, 0.05) is 12.0 Å². The van der Waals surface area contributed by atoms with E-state index < -0.39 is 23.8 Å². The van der Waals surface area contributed by atoms with Crippen LogP contribution in [0, 0.1) is 11.3 Å². The number of benzene rings is 1. The Kier molecular flexibility index (Phi) is 2.37. The predicted octanol–water partition coefficient (Wildman–Crippen LogP) is 0.571. The molecule has 2 heterocycles. The van der Waals surface area contributed by atoms with Gasteiger partial charge in [0.25, 0.3) is 5.91 Å². The summed E-state index contributed by atoms with van der Waals surface area (Å²) in [5.41, 5.74) is -0.200. The van der Waals surface area contributed by atoms with Crippen LogP contribution in [0.1, 0.15) is 18.2 Å². The number of hydrogen-bond donors (Lipinski definition) is 1. The van der Waals surface area contributed by atoms with Gasteiger partial charge in [-0.05, 0) is 0 Å². The van der Waals surface area contributed by atoms with Crippen LogP contribution in [0.3, 0.4) is 0 Å². The number of ether oxygens (including phenoxy) is 1. The van der Waals surface area contributed by atoms with Gasteiger partial charge in [0.05, 0.1) is 12.7 Å². The van der Waals surface area contributed by atoms with Gasteiger partial charge in [-0.2, -0.15) is 5.26 Å². The second-order valence-electron chi connectivity index (χ2n) is 4.65. The summed E-state index contributed by atoms with van der Waals surface area (Å²) < 4.78 is 5.59. The highest BCUT2D eigenvalue weighted by atomic mass is 16.5. The molecular formula is C13H12N2O3. The first kappa shape index (κ1) is 11.2. The van der Waals surface area contributed by atoms with Crippen molar-refractivity contribution >= 4 is 5.91 Å². The number of fused-ring (bicyclic) bond motifs is 1. The van der Waals surface area contributed by atoms with Crippen LogP contribution < -0.4 is 0 Å². The van der Waals surface area contributed by atoms with Gasteiger partial charge in [0.2, 0.25) is 0 Å². The van der Waals surface area contributed by atoms with Crippen molar-refractivity contribution in [1.82, 2.24) is 4.90 Å². The van der Waals surface area contributed by atoms with E-state index in [4.69, 9.17) is 4.74 Å². The molecule has 5 heteroatoms. The van der Waals surface area contributed by atoms with E-state index in [9.17, 15) is 15.2 Å². The Balaban J connectivity index is 2.02. The van der Waals surface area contributed by atoms with Crippen molar-refractivity contribution in [1.29, 1.82) is 5.26 Å². The normalized spacial score (nSPS) is 34.4. The van der Waals surface area contributed by atoms with Crippen LogP contribution in [0.15, 0.2) is 30.3 Å². The lowest BCUT2D eigenvalue weighted by Crippen LogP contribution is -2.42. The van der Waals surface area contributed by atoms with E-state index >= 15 is 0 Å². The third-order valence-corrected chi connectivity index (χ3v) is 3.52. The van der Waals surface area contributed by atoms with Crippen molar-refractivity contribution in [2.24, 2.45) is 0 Å². The monoisotopic (exact) mass is 244 g/mol. The first-order valence-corrected chi connectivity index (χ1v) is 5.77. The van der Waals surface area contributed by atoms with Crippen molar-refractivity contribution in [3.63, 3.8) is 0 Å². The van der Waals surface area contributed by atoms with Crippen molar-refractivity contribution < 1.29 is 14.6 Å². The van der Waals surface area contributed by atoms with Gasteiger partial charge in [-0.1, -0.05) is 30.3 Å². The Bertz CT molecular complexity index is 525. The molecule has 5 nitrogen and oxygen atoms in total. The molecule has 2 aliphatic rings. The second-order valence-corrected chi connectivity index (χ2v) is 4.65. The van der Waals surface area contributed by atoms with Gasteiger partial charge in [-0.3, -0.25) is 9.69 Å². The molecule has 1 N–H and O–H groups in total. The van der Waals surface area contributed by atoms with Crippen LogP contribution in [0.4, 0.5) is 0 Å². The van der Waals surface area contributed by atoms with Crippen molar-refractivity contribution in [3.05, 3.63) is 35.9 Å². The quantitative estimate of drug-likeness (QED) is 0.783. The van der Waals surface area contributed by atoms with Crippen molar-refractivity contribution in [2.45, 2.75) is 24.3 Å². The van der Waals surface area contributed by atoms with Crippen LogP contribution in [0.25, 0.3) is 0 Å². The Morgan fingerprint density at radius 1 is 1.44 bits per heavy atom. The largest absolute Gasteiger partial charge is 0.383 e. The average Bonchev–Trinajstić information content (AvgIpc) is 2.88. The molecular weight excluding hydrogens is 232 g/mol. The standard InChI is InChI=1S/C13H12N2O3/c14-7-13-6-10(16)11(17)15(13)12(18-8-13)9-4-2-1-3-5-9/h1-5,10,12,16H,6,8H2/t10-,12-,13-/m1/s1. The number of nitriles is 1. The summed E-state index contributed by atoms with van der Waals surface area (Å²) in [6.07, 6.45) is -1.55. The highest BCUT2D eigenvalue weighted by molar-refractivity contribution is 5.85. The highest BCUT2D eigenvalue weighted by Gasteiger charge is 2.58. The Labute approximate surface area is 104 Å². The third kappa shape index (κ3) is 1.37. The van der Waals surface area contributed by atoms with Gasteiger partial charge >= 0.3 is 0 Å². The molecule has 0 saturated carbocycles. The minimum Gasteiger partial charge on any atom is -0.383 e. The summed E-state index contributed by atoms with van der Waals surface area (Å²) in [5.74, 6) is -0.428. The van der Waals surface area contributed by atoms with E-state index in [1.807, 2.05) is 30.3 Å². The minimum absolute atomic E-state index is 0.117. The molecule has 0 bridgehead atoms. The molecule has 1 amide bonds. The van der Waals surface area contributed by atoms with Gasteiger partial charge in [0.15, 0.2) is 11.8 Å². The van der Waals surface area contributed by atoms with E-state index in [0.717, 1.165) is 5.56 Å². The number of hydrogen-bond acceptors (Lipinski definition) is 4. The van der Waals surface area contributed by atoms with Crippen LogP contribution >= 0.6 is 0 Å². The number of carbonyl (C=O) groups is 1. The molecule has 3 rings (SSSR count). The number of nitrogens with zero attached hydrogens (tertiary/aromatic N) is 2. The topological polar surface area (TPSA) is 73.6 Å². The molecule has 0 spiro atoms. The molecule has 18 heavy (non-hydrogen) atoms. The number of aliphatic hydroxyl groups excluding tert-OH is 1. The van der Waals surface area contributed by atoms with Crippen LogP contribution in [-0.2, 0) is 9.53 Å². The molecule has 0 unspecified atom stereocenters. The van der Waals surface area contributed by atoms with E-state index in [-0.39, 0.29) is 13.0 Å². The summed E-state index contributed by atoms with van der Waals surface area (Å²) in [6, 6.07) is 11.4. The molecule has 2 fully saturated rings. The molecule has 0 radical (unpaired) electrons. The molecule has 92 valence electrons. The average molecular weight is 244 g/mol. The lowest BCUT2D eigenvalue weighted by Gasteiger charge is -2.26. The van der Waals surface area contributed by atoms with E-state index in [1.165, 1.54) is 4.90 Å². The fourth-order valence-electron chi connectivity index (χ4n) is 2.63. The summed E-state index contributed by atoms with van der Waals surface area (Å²) in [4.78, 5) is 13.4. The lowest BCUT2D eigenvalue weighted by atomic mass is 9.99. The maximum atomic E-state index is 12.0. The Hall–Kier alpha value is -1.90. The van der Waals surface area contributed by atoms with Crippen LogP contribution in [-0.4, -0.2) is 34.2 Å². The third-order valence-electron chi connectivity index (χ3n) is 3.52. The number of carbonyl (C=O) groups excluding carboxylic acids is 1. The summed E-state index contributed by atoms with van der Waals surface area (Å²) in [6.45, 7) is 0.145. The van der Waals surface area contributed by atoms with Crippen molar-refractivity contribution in [2.75, 3.05) is 6.61 Å². The number of rotatable bonds is 1. The molecule has 0 aromatic heterocycles. The molecule has 2 saturated heterocycles. The van der Waals surface area contributed by atoms with Crippen LogP contribution in [0.5, 0.6) is 0 Å². The predicted molar refractivity (Wildman–Crippen MR) is 60.9 cm³/mol. The maximum absolute atomic E-state index is 12.0. The second kappa shape index (κ2) is 3.80. The zero-order valence-corrected chi connectivity index (χ0v) is 9.61. The summed E-state index contributed by atoms with van der Waals surface area (Å²) >= 11 is 0. The first-order chi connectivity index (χ1) is 8.68. The summed E-state index contributed by atoms with van der Waals surface area (Å²) in [7, 11) is 0. The number of amides is 1. The first-order valence-electron chi connectivity index (χ1n) is 5.77. The van der Waals surface area contributed by atoms with Crippen LogP contribution in [0.2, 0.25) is 0 Å². The van der Waals surface area contributed by atoms with E-state index in [2.05, 4.69) is 6.07 Å². The summed E-state index contributed by atoms with van der Waals surface area (Å²) in [5, 5.41) is 19.0. The van der Waals surface area contributed by atoms with Gasteiger partial charge < -0.3 is 9.84 Å². The van der Waals surface area contributed by atoms with E-state index in [0.29, 0.717) is 0 Å². The number of aliphatic hydroxyl groups is 1. The molecule has 1 aromatic rings. The molecule has 1 aromatic carbocycles. The smallest absolute Gasteiger partial charge is 0.255 e. The van der Waals surface area contributed by atoms with Gasteiger partial charge in [0.1, 0.15) is 6.10 Å². The fourth-order valence-corrected chi connectivity index (χ4v) is 2.63. The fraction of sp³-hybridized carbons (Fsp3) is 0.385. The molecule has 0 aliphatic carbocycles. The zero-order chi connectivity index (χ0) is 12.8. The highest BCUT2D eigenvalue weighted by Crippen LogP contribution is 2.44. The molecule has 2 aliphatic heterocycles. The van der Waals surface area contributed by atoms with E-state index in [1.54, 1.807) is 0 Å². The minimum atomic E-state index is -1.10. The zero-order valence-electron chi connectivity index (χ0n) is 9.61. The Morgan fingerprint density at radius 3 is 2.83 bits per heavy atom. The van der Waals surface area contributed by atoms with Gasteiger partial charge in [-0.25, -0.2) is 0 Å². The van der Waals surface area contributed by atoms with Gasteiger partial charge in [-0.15, -0.1) is 0 Å². The molecule has 3 atom stereocenters. The van der Waals surface area contributed by atoms with Crippen molar-refractivity contribution in [3.8, 4) is 6.07 Å². The maximum Gasteiger partial charge on any atom is 0.255 e. The SMILES string of the molecule is N#C[C@]12CO[C@H](c3ccccc3)N1C(=O)[C@H](O)C2.